The number of hydrogen-bond acceptors (Lipinski definition) is 4. The van der Waals surface area contributed by atoms with Crippen LogP contribution >= 0.6 is 0 Å². The maximum Gasteiger partial charge on any atom is 0.317 e. The van der Waals surface area contributed by atoms with Gasteiger partial charge in [0.25, 0.3) is 0 Å². The van der Waals surface area contributed by atoms with E-state index in [-0.39, 0.29) is 35.6 Å². The summed E-state index contributed by atoms with van der Waals surface area (Å²) < 4.78 is 22.3. The van der Waals surface area contributed by atoms with Crippen LogP contribution in [0.25, 0.3) is 0 Å². The fraction of sp³-hybridized carbons (Fsp3) is 0.867. The Bertz CT molecular complexity index is 557. The van der Waals surface area contributed by atoms with Crippen LogP contribution in [0.2, 0.25) is 0 Å². The smallest absolute Gasteiger partial charge is 0.317 e. The summed E-state index contributed by atoms with van der Waals surface area (Å²) in [5, 5.41) is 3.00. The van der Waals surface area contributed by atoms with Gasteiger partial charge in [0.1, 0.15) is 9.84 Å². The number of amides is 3. The van der Waals surface area contributed by atoms with Gasteiger partial charge in [-0.2, -0.15) is 0 Å². The van der Waals surface area contributed by atoms with Gasteiger partial charge in [0.15, 0.2) is 0 Å². The van der Waals surface area contributed by atoms with Crippen molar-refractivity contribution in [3.05, 3.63) is 0 Å². The quantitative estimate of drug-likeness (QED) is 0.802. The summed E-state index contributed by atoms with van der Waals surface area (Å²) in [5.41, 5.74) is 0.248. The standard InChI is InChI=1S/C15H27N3O4S/c1-17(2)14(20)16-12-10-15(11-12)5-7-18(8-6-15)13(19)4-9-23(3,21)22/h12H,4-11H2,1-3H3,(H,16,20). The van der Waals surface area contributed by atoms with Crippen molar-refractivity contribution in [3.8, 4) is 0 Å². The average molecular weight is 345 g/mol. The first kappa shape index (κ1) is 18.0. The lowest BCUT2D eigenvalue weighted by Crippen LogP contribution is -2.56. The molecule has 23 heavy (non-hydrogen) atoms. The molecule has 0 aromatic heterocycles. The number of likely N-dealkylation sites (tertiary alicyclic amines) is 1. The van der Waals surface area contributed by atoms with Crippen LogP contribution in [0.1, 0.15) is 32.1 Å². The van der Waals surface area contributed by atoms with Crippen LogP contribution in [0.15, 0.2) is 0 Å². The molecule has 2 rings (SSSR count). The van der Waals surface area contributed by atoms with E-state index < -0.39 is 9.84 Å². The topological polar surface area (TPSA) is 86.8 Å². The molecule has 1 saturated heterocycles. The Hall–Kier alpha value is -1.31. The predicted molar refractivity (Wildman–Crippen MR) is 87.8 cm³/mol. The highest BCUT2D eigenvalue weighted by molar-refractivity contribution is 7.90. The molecule has 0 radical (unpaired) electrons. The maximum atomic E-state index is 12.0. The van der Waals surface area contributed by atoms with E-state index in [1.54, 1.807) is 19.0 Å². The molecule has 1 N–H and O–H groups in total. The first-order valence-electron chi connectivity index (χ1n) is 8.04. The lowest BCUT2D eigenvalue weighted by molar-refractivity contribution is -0.134. The van der Waals surface area contributed by atoms with Crippen LogP contribution in [0, 0.1) is 5.41 Å². The summed E-state index contributed by atoms with van der Waals surface area (Å²) in [6.07, 6.45) is 5.04. The molecule has 1 saturated carbocycles. The normalized spacial score (nSPS) is 20.9. The number of hydrogen-bond donors (Lipinski definition) is 1. The van der Waals surface area contributed by atoms with Crippen LogP contribution in [0.3, 0.4) is 0 Å². The van der Waals surface area contributed by atoms with E-state index >= 15 is 0 Å². The number of urea groups is 1. The molecule has 1 heterocycles. The van der Waals surface area contributed by atoms with Crippen LogP contribution in [0.5, 0.6) is 0 Å². The number of nitrogens with one attached hydrogen (secondary N) is 1. The second-order valence-corrected chi connectivity index (χ2v) is 9.47. The van der Waals surface area contributed by atoms with Crippen molar-refractivity contribution in [2.75, 3.05) is 39.2 Å². The Morgan fingerprint density at radius 1 is 1.22 bits per heavy atom. The highest BCUT2D eigenvalue weighted by atomic mass is 32.2. The lowest BCUT2D eigenvalue weighted by atomic mass is 9.60. The third-order valence-electron chi connectivity index (χ3n) is 4.96. The second kappa shape index (κ2) is 6.67. The Morgan fingerprint density at radius 2 is 1.78 bits per heavy atom. The third-order valence-corrected chi connectivity index (χ3v) is 5.90. The maximum absolute atomic E-state index is 12.0. The Morgan fingerprint density at radius 3 is 2.26 bits per heavy atom. The molecular weight excluding hydrogens is 318 g/mol. The number of rotatable bonds is 4. The summed E-state index contributed by atoms with van der Waals surface area (Å²) in [5.74, 6) is -0.145. The SMILES string of the molecule is CN(C)C(=O)NC1CC2(CCN(C(=O)CCS(C)(=O)=O)CC2)C1. The molecule has 1 spiro atoms. The van der Waals surface area contributed by atoms with Gasteiger partial charge in [0, 0.05) is 45.9 Å². The molecule has 0 unspecified atom stereocenters. The van der Waals surface area contributed by atoms with E-state index in [4.69, 9.17) is 0 Å². The zero-order valence-electron chi connectivity index (χ0n) is 14.2. The van der Waals surface area contributed by atoms with E-state index in [9.17, 15) is 18.0 Å². The first-order chi connectivity index (χ1) is 10.6. The van der Waals surface area contributed by atoms with Gasteiger partial charge in [-0.3, -0.25) is 4.79 Å². The monoisotopic (exact) mass is 345 g/mol. The highest BCUT2D eigenvalue weighted by Crippen LogP contribution is 2.49. The summed E-state index contributed by atoms with van der Waals surface area (Å²) in [7, 11) is 0.361. The molecule has 0 aromatic carbocycles. The molecule has 0 atom stereocenters. The molecule has 2 aliphatic rings. The second-order valence-electron chi connectivity index (χ2n) is 7.21. The largest absolute Gasteiger partial charge is 0.343 e. The molecule has 3 amide bonds. The predicted octanol–water partition coefficient (Wildman–Crippen LogP) is 0.464. The molecule has 8 heteroatoms. The zero-order chi connectivity index (χ0) is 17.3. The van der Waals surface area contributed by atoms with E-state index in [1.807, 2.05) is 0 Å². The zero-order valence-corrected chi connectivity index (χ0v) is 15.0. The van der Waals surface area contributed by atoms with Crippen molar-refractivity contribution >= 4 is 21.8 Å². The fourth-order valence-corrected chi connectivity index (χ4v) is 4.01. The van der Waals surface area contributed by atoms with Gasteiger partial charge in [-0.1, -0.05) is 0 Å². The number of piperidine rings is 1. The van der Waals surface area contributed by atoms with Gasteiger partial charge in [0.05, 0.1) is 5.75 Å². The van der Waals surface area contributed by atoms with Crippen molar-refractivity contribution in [2.24, 2.45) is 5.41 Å². The Labute approximate surface area is 138 Å². The Balaban J connectivity index is 1.73. The highest BCUT2D eigenvalue weighted by Gasteiger charge is 2.46. The van der Waals surface area contributed by atoms with Gasteiger partial charge in [-0.05, 0) is 31.1 Å². The first-order valence-corrected chi connectivity index (χ1v) is 10.1. The number of carbonyl (C=O) groups excluding carboxylic acids is 2. The van der Waals surface area contributed by atoms with E-state index in [0.29, 0.717) is 13.1 Å². The Kier molecular flexibility index (Phi) is 5.23. The lowest BCUT2D eigenvalue weighted by Gasteiger charge is -2.52. The van der Waals surface area contributed by atoms with Crippen molar-refractivity contribution in [1.82, 2.24) is 15.1 Å². The van der Waals surface area contributed by atoms with Crippen molar-refractivity contribution in [2.45, 2.75) is 38.1 Å². The summed E-state index contributed by atoms with van der Waals surface area (Å²) in [6, 6.07) is 0.177. The van der Waals surface area contributed by atoms with Gasteiger partial charge < -0.3 is 15.1 Å². The molecule has 2 fully saturated rings. The minimum Gasteiger partial charge on any atom is -0.343 e. The van der Waals surface area contributed by atoms with Crippen molar-refractivity contribution in [1.29, 1.82) is 0 Å². The molecule has 7 nitrogen and oxygen atoms in total. The summed E-state index contributed by atoms with van der Waals surface area (Å²) in [4.78, 5) is 27.0. The van der Waals surface area contributed by atoms with E-state index in [1.165, 1.54) is 4.90 Å². The van der Waals surface area contributed by atoms with Crippen molar-refractivity contribution < 1.29 is 18.0 Å². The molecular formula is C15H27N3O4S. The van der Waals surface area contributed by atoms with Crippen LogP contribution in [-0.4, -0.2) is 75.4 Å². The van der Waals surface area contributed by atoms with Gasteiger partial charge in [0.2, 0.25) is 5.91 Å². The van der Waals surface area contributed by atoms with E-state index in [0.717, 1.165) is 31.9 Å². The molecule has 132 valence electrons. The van der Waals surface area contributed by atoms with Crippen LogP contribution in [-0.2, 0) is 14.6 Å². The molecule has 0 bridgehead atoms. The van der Waals surface area contributed by atoms with Gasteiger partial charge >= 0.3 is 6.03 Å². The van der Waals surface area contributed by atoms with Crippen LogP contribution < -0.4 is 5.32 Å². The van der Waals surface area contributed by atoms with Crippen LogP contribution in [0.4, 0.5) is 4.79 Å². The molecule has 0 aromatic rings. The van der Waals surface area contributed by atoms with E-state index in [2.05, 4.69) is 5.32 Å². The number of carbonyl (C=O) groups is 2. The van der Waals surface area contributed by atoms with Crippen molar-refractivity contribution in [3.63, 3.8) is 0 Å². The summed E-state index contributed by atoms with van der Waals surface area (Å²) >= 11 is 0. The minimum absolute atomic E-state index is 0.0572. The number of sulfone groups is 1. The molecule has 1 aliphatic heterocycles. The molecule has 1 aliphatic carbocycles. The average Bonchev–Trinajstić information content (AvgIpc) is 2.42. The minimum atomic E-state index is -3.09. The third kappa shape index (κ3) is 4.83. The van der Waals surface area contributed by atoms with Gasteiger partial charge in [-0.15, -0.1) is 0 Å². The number of nitrogens with zero attached hydrogens (tertiary/aromatic N) is 2. The summed E-state index contributed by atoms with van der Waals surface area (Å²) in [6.45, 7) is 1.38. The fourth-order valence-electron chi connectivity index (χ4n) is 3.46. The van der Waals surface area contributed by atoms with Gasteiger partial charge in [-0.25, -0.2) is 13.2 Å².